The van der Waals surface area contributed by atoms with E-state index in [-0.39, 0.29) is 18.3 Å². The van der Waals surface area contributed by atoms with E-state index in [1.165, 1.54) is 34.6 Å². The molecule has 8 nitrogen and oxygen atoms in total. The molecule has 31 heavy (non-hydrogen) atoms. The van der Waals surface area contributed by atoms with E-state index >= 15 is 0 Å². The molecule has 3 N–H and O–H groups in total. The van der Waals surface area contributed by atoms with E-state index in [2.05, 4.69) is 20.6 Å². The summed E-state index contributed by atoms with van der Waals surface area (Å²) in [6.07, 6.45) is 1.82. The van der Waals surface area contributed by atoms with Crippen LogP contribution >= 0.6 is 23.4 Å². The third-order valence-corrected chi connectivity index (χ3v) is 5.22. The molecular formula is C20H16ClFN6O2S. The Labute approximate surface area is 185 Å². The molecule has 0 unspecified atom stereocenters. The minimum absolute atomic E-state index is 0.173. The summed E-state index contributed by atoms with van der Waals surface area (Å²) in [5, 5.41) is 12.1. The fraction of sp³-hybridized carbons (Fsp3) is 0.100. The molecule has 2 heterocycles. The van der Waals surface area contributed by atoms with Gasteiger partial charge in [0.15, 0.2) is 0 Å². The fourth-order valence-electron chi connectivity index (χ4n) is 2.86. The Hall–Kier alpha value is -3.37. The number of hydrogen-bond acceptors (Lipinski definition) is 7. The lowest BCUT2D eigenvalue weighted by atomic mass is 10.2. The van der Waals surface area contributed by atoms with Gasteiger partial charge in [0, 0.05) is 16.3 Å². The first kappa shape index (κ1) is 20.9. The third kappa shape index (κ3) is 4.54. The molecule has 0 bridgehead atoms. The minimum Gasteiger partial charge on any atom is -0.383 e. The van der Waals surface area contributed by atoms with Gasteiger partial charge in [-0.2, -0.15) is 10.1 Å². The Morgan fingerprint density at radius 2 is 2.06 bits per heavy atom. The molecule has 2 aromatic carbocycles. The smallest absolute Gasteiger partial charge is 0.264 e. The summed E-state index contributed by atoms with van der Waals surface area (Å²) in [5.41, 5.74) is 7.76. The molecule has 0 fully saturated rings. The standard InChI is InChI=1S/C20H16ClFN6O2S/c1-31-20-16(19-25-18(27-30-19)11-5-7-12(21)8-6-11)17(23)28(26-20)10-15(29)24-14-4-2-3-13(22)9-14/h2-9H,10,23H2,1H3,(H,24,29). The zero-order valence-corrected chi connectivity index (χ0v) is 17.7. The number of nitrogens with zero attached hydrogens (tertiary/aromatic N) is 4. The zero-order chi connectivity index (χ0) is 22.0. The highest BCUT2D eigenvalue weighted by Gasteiger charge is 2.23. The van der Waals surface area contributed by atoms with Gasteiger partial charge in [0.1, 0.15) is 28.8 Å². The maximum atomic E-state index is 13.3. The molecule has 0 aliphatic carbocycles. The average Bonchev–Trinajstić information content (AvgIpc) is 3.33. The first-order chi connectivity index (χ1) is 14.9. The third-order valence-electron chi connectivity index (χ3n) is 4.30. The van der Waals surface area contributed by atoms with Crippen LogP contribution in [0.1, 0.15) is 0 Å². The van der Waals surface area contributed by atoms with Crippen molar-refractivity contribution in [2.45, 2.75) is 11.6 Å². The highest BCUT2D eigenvalue weighted by molar-refractivity contribution is 7.98. The Balaban J connectivity index is 1.58. The van der Waals surface area contributed by atoms with Gasteiger partial charge in [0.2, 0.25) is 11.7 Å². The topological polar surface area (TPSA) is 112 Å². The number of nitrogens with two attached hydrogens (primary N) is 1. The molecule has 4 aromatic rings. The second kappa shape index (κ2) is 8.78. The predicted octanol–water partition coefficient (Wildman–Crippen LogP) is 4.34. The Kier molecular flexibility index (Phi) is 5.92. The van der Waals surface area contributed by atoms with Crippen molar-refractivity contribution in [1.29, 1.82) is 0 Å². The van der Waals surface area contributed by atoms with Crippen LogP contribution in [0.3, 0.4) is 0 Å². The number of thioether (sulfide) groups is 1. The van der Waals surface area contributed by atoms with E-state index in [1.54, 1.807) is 30.3 Å². The van der Waals surface area contributed by atoms with Gasteiger partial charge in [-0.05, 0) is 48.7 Å². The van der Waals surface area contributed by atoms with Gasteiger partial charge in [-0.25, -0.2) is 9.07 Å². The van der Waals surface area contributed by atoms with Crippen molar-refractivity contribution in [2.75, 3.05) is 17.3 Å². The van der Waals surface area contributed by atoms with Gasteiger partial charge in [0.05, 0.1) is 0 Å². The maximum absolute atomic E-state index is 13.3. The lowest BCUT2D eigenvalue weighted by molar-refractivity contribution is -0.116. The van der Waals surface area contributed by atoms with E-state index in [0.29, 0.717) is 27.1 Å². The number of aromatic nitrogens is 4. The Morgan fingerprint density at radius 3 is 2.77 bits per heavy atom. The van der Waals surface area contributed by atoms with Crippen LogP contribution in [0.25, 0.3) is 22.8 Å². The number of carbonyl (C=O) groups is 1. The molecular weight excluding hydrogens is 443 g/mol. The molecule has 0 spiro atoms. The van der Waals surface area contributed by atoms with Crippen LogP contribution in [0.5, 0.6) is 0 Å². The van der Waals surface area contributed by atoms with Crippen molar-refractivity contribution in [3.05, 3.63) is 59.4 Å². The van der Waals surface area contributed by atoms with Gasteiger partial charge >= 0.3 is 0 Å². The zero-order valence-electron chi connectivity index (χ0n) is 16.2. The molecule has 0 aliphatic rings. The number of amides is 1. The number of anilines is 2. The Morgan fingerprint density at radius 1 is 1.29 bits per heavy atom. The Bertz CT molecular complexity index is 1240. The monoisotopic (exact) mass is 458 g/mol. The van der Waals surface area contributed by atoms with Crippen LogP contribution in [0.15, 0.2) is 58.1 Å². The second-order valence-corrected chi connectivity index (χ2v) is 7.65. The molecule has 0 radical (unpaired) electrons. The lowest BCUT2D eigenvalue weighted by Crippen LogP contribution is -2.20. The number of benzene rings is 2. The molecule has 158 valence electrons. The van der Waals surface area contributed by atoms with Gasteiger partial charge in [0.25, 0.3) is 5.89 Å². The van der Waals surface area contributed by atoms with E-state index < -0.39 is 11.7 Å². The van der Waals surface area contributed by atoms with Crippen LogP contribution < -0.4 is 11.1 Å². The number of nitrogen functional groups attached to an aromatic ring is 1. The van der Waals surface area contributed by atoms with Crippen molar-refractivity contribution < 1.29 is 13.7 Å². The number of halogens is 2. The predicted molar refractivity (Wildman–Crippen MR) is 117 cm³/mol. The number of nitrogens with one attached hydrogen (secondary N) is 1. The molecule has 0 aliphatic heterocycles. The summed E-state index contributed by atoms with van der Waals surface area (Å²) in [4.78, 5) is 16.8. The summed E-state index contributed by atoms with van der Waals surface area (Å²) in [6.45, 7) is -0.173. The van der Waals surface area contributed by atoms with E-state index in [4.69, 9.17) is 21.9 Å². The number of rotatable bonds is 6. The summed E-state index contributed by atoms with van der Waals surface area (Å²) in [6, 6.07) is 12.6. The second-order valence-electron chi connectivity index (χ2n) is 6.42. The summed E-state index contributed by atoms with van der Waals surface area (Å²) in [5.74, 6) is -0.106. The van der Waals surface area contributed by atoms with Crippen LogP contribution in [0.2, 0.25) is 5.02 Å². The first-order valence-electron chi connectivity index (χ1n) is 9.00. The number of hydrogen-bond donors (Lipinski definition) is 2. The van der Waals surface area contributed by atoms with Crippen LogP contribution in [0, 0.1) is 5.82 Å². The molecule has 0 saturated heterocycles. The van der Waals surface area contributed by atoms with Crippen LogP contribution in [-0.4, -0.2) is 32.1 Å². The van der Waals surface area contributed by atoms with Crippen molar-refractivity contribution in [1.82, 2.24) is 19.9 Å². The summed E-state index contributed by atoms with van der Waals surface area (Å²) < 4.78 is 20.1. The van der Waals surface area contributed by atoms with Gasteiger partial charge < -0.3 is 15.6 Å². The van der Waals surface area contributed by atoms with Gasteiger partial charge in [-0.3, -0.25) is 4.79 Å². The van der Waals surface area contributed by atoms with Crippen molar-refractivity contribution in [2.24, 2.45) is 0 Å². The highest BCUT2D eigenvalue weighted by atomic mass is 35.5. The molecule has 4 rings (SSSR count). The molecule has 2 aromatic heterocycles. The van der Waals surface area contributed by atoms with Crippen molar-refractivity contribution >= 4 is 40.8 Å². The van der Waals surface area contributed by atoms with E-state index in [0.717, 1.165) is 5.56 Å². The summed E-state index contributed by atoms with van der Waals surface area (Å²) in [7, 11) is 0. The van der Waals surface area contributed by atoms with Gasteiger partial charge in [-0.15, -0.1) is 11.8 Å². The van der Waals surface area contributed by atoms with Crippen LogP contribution in [0.4, 0.5) is 15.9 Å². The molecule has 0 atom stereocenters. The number of carbonyl (C=O) groups excluding carboxylic acids is 1. The molecule has 11 heteroatoms. The van der Waals surface area contributed by atoms with Crippen LogP contribution in [-0.2, 0) is 11.3 Å². The van der Waals surface area contributed by atoms with Crippen molar-refractivity contribution in [3.8, 4) is 22.8 Å². The normalized spacial score (nSPS) is 10.9. The molecule has 1 amide bonds. The average molecular weight is 459 g/mol. The largest absolute Gasteiger partial charge is 0.383 e. The lowest BCUT2D eigenvalue weighted by Gasteiger charge is -2.06. The highest BCUT2D eigenvalue weighted by Crippen LogP contribution is 2.35. The van der Waals surface area contributed by atoms with E-state index in [9.17, 15) is 9.18 Å². The quantitative estimate of drug-likeness (QED) is 0.413. The van der Waals surface area contributed by atoms with Gasteiger partial charge in [-0.1, -0.05) is 22.8 Å². The van der Waals surface area contributed by atoms with Crippen molar-refractivity contribution in [3.63, 3.8) is 0 Å². The minimum atomic E-state index is -0.448. The first-order valence-corrected chi connectivity index (χ1v) is 10.6. The SMILES string of the molecule is CSc1nn(CC(=O)Nc2cccc(F)c2)c(N)c1-c1nc(-c2ccc(Cl)cc2)no1. The molecule has 0 saturated carbocycles. The van der Waals surface area contributed by atoms with E-state index in [1.807, 2.05) is 6.26 Å². The fourth-order valence-corrected chi connectivity index (χ4v) is 3.56. The maximum Gasteiger partial charge on any atom is 0.264 e. The summed E-state index contributed by atoms with van der Waals surface area (Å²) >= 11 is 7.24.